The van der Waals surface area contributed by atoms with Gasteiger partial charge in [0.15, 0.2) is 0 Å². The molecule has 22 heavy (non-hydrogen) atoms. The second-order valence-corrected chi connectivity index (χ2v) is 5.21. The number of benzene rings is 1. The number of ether oxygens (including phenoxy) is 1. The quantitative estimate of drug-likeness (QED) is 0.787. The lowest BCUT2D eigenvalue weighted by atomic mass is 10.0. The molecule has 0 radical (unpaired) electrons. The van der Waals surface area contributed by atoms with E-state index in [2.05, 4.69) is 10.6 Å². The Bertz CT molecular complexity index is 555. The molecule has 0 spiro atoms. The molecule has 0 aliphatic heterocycles. The lowest BCUT2D eigenvalue weighted by Crippen LogP contribution is -2.46. The Morgan fingerprint density at radius 1 is 1.23 bits per heavy atom. The molecule has 0 fully saturated rings. The van der Waals surface area contributed by atoms with Gasteiger partial charge in [-0.25, -0.2) is 4.79 Å². The molecule has 1 atom stereocenters. The molecule has 120 valence electrons. The van der Waals surface area contributed by atoms with Crippen molar-refractivity contribution in [1.29, 1.82) is 0 Å². The molecule has 0 aliphatic carbocycles. The van der Waals surface area contributed by atoms with Crippen molar-refractivity contribution in [3.63, 3.8) is 0 Å². The minimum Gasteiger partial charge on any atom is -0.462 e. The Morgan fingerprint density at radius 3 is 2.45 bits per heavy atom. The SMILES string of the molecule is CCOC(=O)c1cccc(NC(=O)C(NC(C)=O)C(C)C)c1. The van der Waals surface area contributed by atoms with Gasteiger partial charge in [-0.2, -0.15) is 0 Å². The summed E-state index contributed by atoms with van der Waals surface area (Å²) in [5.41, 5.74) is 0.840. The maximum atomic E-state index is 12.3. The molecule has 0 bridgehead atoms. The van der Waals surface area contributed by atoms with Crippen molar-refractivity contribution < 1.29 is 19.1 Å². The van der Waals surface area contributed by atoms with Gasteiger partial charge in [-0.3, -0.25) is 9.59 Å². The summed E-state index contributed by atoms with van der Waals surface area (Å²) in [5.74, 6) is -1.10. The van der Waals surface area contributed by atoms with Crippen LogP contribution in [0.1, 0.15) is 38.1 Å². The summed E-state index contributed by atoms with van der Waals surface area (Å²) in [5, 5.41) is 5.32. The van der Waals surface area contributed by atoms with E-state index in [1.165, 1.54) is 6.92 Å². The normalized spacial score (nSPS) is 11.7. The number of anilines is 1. The fourth-order valence-corrected chi connectivity index (χ4v) is 1.91. The van der Waals surface area contributed by atoms with Crippen LogP contribution in [0.4, 0.5) is 5.69 Å². The zero-order valence-electron chi connectivity index (χ0n) is 13.3. The van der Waals surface area contributed by atoms with E-state index in [9.17, 15) is 14.4 Å². The van der Waals surface area contributed by atoms with Gasteiger partial charge in [-0.05, 0) is 31.0 Å². The van der Waals surface area contributed by atoms with E-state index in [4.69, 9.17) is 4.74 Å². The molecular weight excluding hydrogens is 284 g/mol. The van der Waals surface area contributed by atoms with Gasteiger partial charge in [0.25, 0.3) is 0 Å². The molecule has 2 N–H and O–H groups in total. The van der Waals surface area contributed by atoms with Crippen molar-refractivity contribution >= 4 is 23.5 Å². The van der Waals surface area contributed by atoms with Crippen LogP contribution in [0.25, 0.3) is 0 Å². The number of esters is 1. The Balaban J connectivity index is 2.84. The van der Waals surface area contributed by atoms with Gasteiger partial charge in [-0.1, -0.05) is 19.9 Å². The molecule has 0 aromatic heterocycles. The molecule has 6 heteroatoms. The van der Waals surface area contributed by atoms with Crippen LogP contribution in [0.15, 0.2) is 24.3 Å². The summed E-state index contributed by atoms with van der Waals surface area (Å²) < 4.78 is 4.92. The molecule has 2 amide bonds. The number of amides is 2. The van der Waals surface area contributed by atoms with Gasteiger partial charge in [0, 0.05) is 12.6 Å². The van der Waals surface area contributed by atoms with Gasteiger partial charge in [-0.15, -0.1) is 0 Å². The average Bonchev–Trinajstić information content (AvgIpc) is 2.44. The van der Waals surface area contributed by atoms with Crippen LogP contribution in [0.5, 0.6) is 0 Å². The molecule has 6 nitrogen and oxygen atoms in total. The highest BCUT2D eigenvalue weighted by Gasteiger charge is 2.23. The van der Waals surface area contributed by atoms with Crippen LogP contribution in [-0.4, -0.2) is 30.4 Å². The monoisotopic (exact) mass is 306 g/mol. The predicted molar refractivity (Wildman–Crippen MR) is 83.5 cm³/mol. The third-order valence-corrected chi connectivity index (χ3v) is 2.95. The first-order valence-electron chi connectivity index (χ1n) is 7.20. The molecule has 1 unspecified atom stereocenters. The predicted octanol–water partition coefficient (Wildman–Crippen LogP) is 1.96. The van der Waals surface area contributed by atoms with Crippen molar-refractivity contribution in [2.24, 2.45) is 5.92 Å². The molecule has 0 heterocycles. The first kappa shape index (κ1) is 17.7. The van der Waals surface area contributed by atoms with Gasteiger partial charge in [0.1, 0.15) is 6.04 Å². The first-order valence-corrected chi connectivity index (χ1v) is 7.20. The minimum absolute atomic E-state index is 0.0582. The highest BCUT2D eigenvalue weighted by atomic mass is 16.5. The minimum atomic E-state index is -0.635. The standard InChI is InChI=1S/C16H22N2O4/c1-5-22-16(21)12-7-6-8-13(9-12)18-15(20)14(10(2)3)17-11(4)19/h6-10,14H,5H2,1-4H3,(H,17,19)(H,18,20). The Hall–Kier alpha value is -2.37. The van der Waals surface area contributed by atoms with Crippen LogP contribution in [0.3, 0.4) is 0 Å². The number of carbonyl (C=O) groups is 3. The van der Waals surface area contributed by atoms with Crippen LogP contribution in [0, 0.1) is 5.92 Å². The van der Waals surface area contributed by atoms with E-state index in [0.717, 1.165) is 0 Å². The Kier molecular flexibility index (Phi) is 6.56. The van der Waals surface area contributed by atoms with Crippen molar-refractivity contribution in [2.45, 2.75) is 33.7 Å². The largest absolute Gasteiger partial charge is 0.462 e. The van der Waals surface area contributed by atoms with Crippen LogP contribution >= 0.6 is 0 Å². The van der Waals surface area contributed by atoms with E-state index < -0.39 is 12.0 Å². The van der Waals surface area contributed by atoms with Crippen molar-refractivity contribution in [3.05, 3.63) is 29.8 Å². The average molecular weight is 306 g/mol. The summed E-state index contributed by atoms with van der Waals surface area (Å²) in [7, 11) is 0. The van der Waals surface area contributed by atoms with Crippen LogP contribution in [-0.2, 0) is 14.3 Å². The van der Waals surface area contributed by atoms with E-state index in [-0.39, 0.29) is 24.3 Å². The Morgan fingerprint density at radius 2 is 1.91 bits per heavy atom. The third-order valence-electron chi connectivity index (χ3n) is 2.95. The number of carbonyl (C=O) groups excluding carboxylic acids is 3. The second-order valence-electron chi connectivity index (χ2n) is 5.21. The van der Waals surface area contributed by atoms with Gasteiger partial charge in [0.05, 0.1) is 12.2 Å². The van der Waals surface area contributed by atoms with Crippen molar-refractivity contribution in [2.75, 3.05) is 11.9 Å². The van der Waals surface area contributed by atoms with Gasteiger partial charge in [0.2, 0.25) is 11.8 Å². The van der Waals surface area contributed by atoms with Crippen LogP contribution < -0.4 is 10.6 Å². The highest BCUT2D eigenvalue weighted by Crippen LogP contribution is 2.13. The molecule has 0 saturated heterocycles. The van der Waals surface area contributed by atoms with Crippen molar-refractivity contribution in [1.82, 2.24) is 5.32 Å². The van der Waals surface area contributed by atoms with Gasteiger partial charge >= 0.3 is 5.97 Å². The maximum absolute atomic E-state index is 12.3. The van der Waals surface area contributed by atoms with E-state index in [1.54, 1.807) is 31.2 Å². The number of rotatable bonds is 6. The smallest absolute Gasteiger partial charge is 0.338 e. The zero-order valence-corrected chi connectivity index (χ0v) is 13.3. The molecule has 0 saturated carbocycles. The molecule has 0 aliphatic rings. The van der Waals surface area contributed by atoms with E-state index in [0.29, 0.717) is 11.3 Å². The molecule has 1 rings (SSSR count). The first-order chi connectivity index (χ1) is 10.3. The van der Waals surface area contributed by atoms with Crippen LogP contribution in [0.2, 0.25) is 0 Å². The molecular formula is C16H22N2O4. The number of hydrogen-bond acceptors (Lipinski definition) is 4. The molecule has 1 aromatic rings. The summed E-state index contributed by atoms with van der Waals surface area (Å²) in [6, 6.07) is 5.85. The lowest BCUT2D eigenvalue weighted by molar-refractivity contribution is -0.126. The maximum Gasteiger partial charge on any atom is 0.338 e. The zero-order chi connectivity index (χ0) is 16.7. The van der Waals surface area contributed by atoms with E-state index >= 15 is 0 Å². The lowest BCUT2D eigenvalue weighted by Gasteiger charge is -2.21. The fraction of sp³-hybridized carbons (Fsp3) is 0.438. The number of hydrogen-bond donors (Lipinski definition) is 2. The topological polar surface area (TPSA) is 84.5 Å². The second kappa shape index (κ2) is 8.17. The summed E-state index contributed by atoms with van der Waals surface area (Å²) in [6.07, 6.45) is 0. The summed E-state index contributed by atoms with van der Waals surface area (Å²) in [6.45, 7) is 7.06. The fourth-order valence-electron chi connectivity index (χ4n) is 1.91. The highest BCUT2D eigenvalue weighted by molar-refractivity contribution is 5.98. The summed E-state index contributed by atoms with van der Waals surface area (Å²) in [4.78, 5) is 35.1. The van der Waals surface area contributed by atoms with Crippen molar-refractivity contribution in [3.8, 4) is 0 Å². The summed E-state index contributed by atoms with van der Waals surface area (Å²) >= 11 is 0. The van der Waals surface area contributed by atoms with Gasteiger partial charge < -0.3 is 15.4 Å². The third kappa shape index (κ3) is 5.20. The molecule has 1 aromatic carbocycles. The Labute approximate surface area is 130 Å². The number of nitrogens with one attached hydrogen (secondary N) is 2. The van der Waals surface area contributed by atoms with E-state index in [1.807, 2.05) is 13.8 Å².